The molecule has 9 heteroatoms. The topological polar surface area (TPSA) is 122 Å². The second kappa shape index (κ2) is 6.95. The third-order valence-electron chi connectivity index (χ3n) is 2.60. The van der Waals surface area contributed by atoms with Crippen molar-refractivity contribution in [2.24, 2.45) is 0 Å². The van der Waals surface area contributed by atoms with E-state index in [1.807, 2.05) is 0 Å². The van der Waals surface area contributed by atoms with E-state index in [9.17, 15) is 24.8 Å². The van der Waals surface area contributed by atoms with Crippen molar-refractivity contribution in [3.63, 3.8) is 0 Å². The number of nitro groups is 1. The molecule has 0 atom stereocenters. The smallest absolute Gasteiger partial charge is 0.429 e. The first-order chi connectivity index (χ1) is 10.5. The van der Waals surface area contributed by atoms with Crippen molar-refractivity contribution in [2.45, 2.75) is 33.3 Å². The number of phenolic OH excluding ortho intramolecular Hbond substituents is 1. The molecule has 0 bridgehead atoms. The Morgan fingerprint density at radius 3 is 2.48 bits per heavy atom. The lowest BCUT2D eigenvalue weighted by Gasteiger charge is -2.26. The number of carbonyl (C=O) groups is 2. The number of nitrogens with one attached hydrogen (secondary N) is 1. The van der Waals surface area contributed by atoms with E-state index in [1.165, 1.54) is 0 Å². The van der Waals surface area contributed by atoms with Crippen molar-refractivity contribution in [1.82, 2.24) is 10.4 Å². The van der Waals surface area contributed by atoms with E-state index in [4.69, 9.17) is 4.74 Å². The first-order valence-electron chi connectivity index (χ1n) is 6.84. The monoisotopic (exact) mass is 325 g/mol. The molecule has 0 fully saturated rings. The summed E-state index contributed by atoms with van der Waals surface area (Å²) in [5.41, 5.74) is 0.831. The molecule has 0 aromatic heterocycles. The average Bonchev–Trinajstić information content (AvgIpc) is 2.42. The Kier molecular flexibility index (Phi) is 5.50. The third kappa shape index (κ3) is 5.13. The Hall–Kier alpha value is -2.84. The van der Waals surface area contributed by atoms with Crippen molar-refractivity contribution in [3.8, 4) is 5.75 Å². The maximum atomic E-state index is 12.1. The number of hydrogen-bond acceptors (Lipinski definition) is 6. The summed E-state index contributed by atoms with van der Waals surface area (Å²) in [5.74, 6) is -1.30. The van der Waals surface area contributed by atoms with Crippen molar-refractivity contribution in [2.75, 3.05) is 6.54 Å². The number of aromatic hydroxyl groups is 1. The molecular weight excluding hydrogens is 306 g/mol. The highest BCUT2D eigenvalue weighted by atomic mass is 16.6. The van der Waals surface area contributed by atoms with E-state index in [2.05, 4.69) is 5.43 Å². The lowest BCUT2D eigenvalue weighted by molar-refractivity contribution is -0.384. The van der Waals surface area contributed by atoms with Gasteiger partial charge in [-0.05, 0) is 33.8 Å². The second-order valence-corrected chi connectivity index (χ2v) is 5.62. The summed E-state index contributed by atoms with van der Waals surface area (Å²) in [7, 11) is 0. The number of nitro benzene ring substituents is 1. The minimum Gasteiger partial charge on any atom is -0.507 e. The van der Waals surface area contributed by atoms with E-state index < -0.39 is 28.3 Å². The number of benzene rings is 1. The van der Waals surface area contributed by atoms with Crippen LogP contribution in [0, 0.1) is 10.1 Å². The number of carbonyl (C=O) groups excluding carboxylic acids is 2. The molecule has 1 aromatic carbocycles. The van der Waals surface area contributed by atoms with Crippen LogP contribution in [0.2, 0.25) is 0 Å². The highest BCUT2D eigenvalue weighted by molar-refractivity contribution is 5.98. The molecule has 0 heterocycles. The van der Waals surface area contributed by atoms with Gasteiger partial charge in [-0.15, -0.1) is 0 Å². The van der Waals surface area contributed by atoms with Crippen LogP contribution in [-0.4, -0.2) is 39.2 Å². The predicted molar refractivity (Wildman–Crippen MR) is 80.8 cm³/mol. The Labute approximate surface area is 133 Å². The normalized spacial score (nSPS) is 10.8. The molecule has 0 aliphatic rings. The van der Waals surface area contributed by atoms with Crippen LogP contribution in [0.25, 0.3) is 0 Å². The molecule has 1 rings (SSSR count). The van der Waals surface area contributed by atoms with Gasteiger partial charge in [0.15, 0.2) is 0 Å². The molecule has 23 heavy (non-hydrogen) atoms. The number of nitrogens with zero attached hydrogens (tertiary/aromatic N) is 2. The Morgan fingerprint density at radius 2 is 2.00 bits per heavy atom. The van der Waals surface area contributed by atoms with Crippen LogP contribution in [0.1, 0.15) is 38.1 Å². The fourth-order valence-corrected chi connectivity index (χ4v) is 1.57. The molecule has 0 saturated heterocycles. The molecule has 0 unspecified atom stereocenters. The maximum Gasteiger partial charge on any atom is 0.429 e. The number of hydrazine groups is 1. The minimum atomic E-state index is -0.862. The molecule has 1 aromatic rings. The number of rotatable bonds is 3. The lowest BCUT2D eigenvalue weighted by atomic mass is 10.1. The van der Waals surface area contributed by atoms with Gasteiger partial charge in [0.2, 0.25) is 0 Å². The summed E-state index contributed by atoms with van der Waals surface area (Å²) in [6.45, 7) is 6.74. The van der Waals surface area contributed by atoms with Crippen molar-refractivity contribution in [1.29, 1.82) is 0 Å². The zero-order chi connectivity index (χ0) is 17.8. The summed E-state index contributed by atoms with van der Waals surface area (Å²) in [4.78, 5) is 34.1. The Bertz CT molecular complexity index is 623. The summed E-state index contributed by atoms with van der Waals surface area (Å²) in [6, 6.07) is 3.03. The number of ether oxygens (including phenoxy) is 1. The van der Waals surface area contributed by atoms with Gasteiger partial charge in [0.05, 0.1) is 10.5 Å². The Morgan fingerprint density at radius 1 is 1.39 bits per heavy atom. The summed E-state index contributed by atoms with van der Waals surface area (Å²) in [6.07, 6.45) is -0.779. The van der Waals surface area contributed by atoms with E-state index >= 15 is 0 Å². The van der Waals surface area contributed by atoms with Crippen molar-refractivity contribution < 1.29 is 24.4 Å². The van der Waals surface area contributed by atoms with E-state index in [-0.39, 0.29) is 17.8 Å². The zero-order valence-electron chi connectivity index (χ0n) is 13.3. The van der Waals surface area contributed by atoms with E-state index in [0.717, 1.165) is 23.2 Å². The average molecular weight is 325 g/mol. The van der Waals surface area contributed by atoms with Gasteiger partial charge in [0, 0.05) is 18.7 Å². The first-order valence-corrected chi connectivity index (χ1v) is 6.84. The highest BCUT2D eigenvalue weighted by Crippen LogP contribution is 2.23. The van der Waals surface area contributed by atoms with E-state index in [0.29, 0.717) is 0 Å². The fourth-order valence-electron chi connectivity index (χ4n) is 1.57. The van der Waals surface area contributed by atoms with Crippen molar-refractivity contribution >= 4 is 17.7 Å². The van der Waals surface area contributed by atoms with Crippen LogP contribution < -0.4 is 5.43 Å². The van der Waals surface area contributed by atoms with Gasteiger partial charge in [-0.3, -0.25) is 20.3 Å². The number of hydrogen-bond donors (Lipinski definition) is 2. The minimum absolute atomic E-state index is 0.107. The molecule has 0 spiro atoms. The van der Waals surface area contributed by atoms with Gasteiger partial charge < -0.3 is 9.84 Å². The van der Waals surface area contributed by atoms with Gasteiger partial charge in [-0.25, -0.2) is 9.80 Å². The molecule has 0 aliphatic carbocycles. The summed E-state index contributed by atoms with van der Waals surface area (Å²) >= 11 is 0. The van der Waals surface area contributed by atoms with Crippen LogP contribution in [0.5, 0.6) is 5.75 Å². The molecule has 9 nitrogen and oxygen atoms in total. The van der Waals surface area contributed by atoms with Crippen LogP contribution >= 0.6 is 0 Å². The highest BCUT2D eigenvalue weighted by Gasteiger charge is 2.24. The number of amides is 2. The second-order valence-electron chi connectivity index (χ2n) is 5.62. The van der Waals surface area contributed by atoms with Crippen LogP contribution in [0.4, 0.5) is 10.5 Å². The number of non-ortho nitro benzene ring substituents is 1. The van der Waals surface area contributed by atoms with Gasteiger partial charge in [-0.2, -0.15) is 0 Å². The largest absolute Gasteiger partial charge is 0.507 e. The first kappa shape index (κ1) is 18.2. The van der Waals surface area contributed by atoms with Crippen LogP contribution in [0.15, 0.2) is 18.2 Å². The summed E-state index contributed by atoms with van der Waals surface area (Å²) < 4.78 is 5.12. The number of phenols is 1. The zero-order valence-corrected chi connectivity index (χ0v) is 13.3. The van der Waals surface area contributed by atoms with Gasteiger partial charge in [0.1, 0.15) is 11.4 Å². The lowest BCUT2D eigenvalue weighted by Crippen LogP contribution is -2.48. The molecule has 2 amide bonds. The van der Waals surface area contributed by atoms with Gasteiger partial charge >= 0.3 is 6.09 Å². The summed E-state index contributed by atoms with van der Waals surface area (Å²) in [5, 5.41) is 21.3. The van der Waals surface area contributed by atoms with Crippen molar-refractivity contribution in [3.05, 3.63) is 33.9 Å². The molecule has 0 saturated carbocycles. The quantitative estimate of drug-likeness (QED) is 0.649. The van der Waals surface area contributed by atoms with Crippen LogP contribution in [0.3, 0.4) is 0 Å². The molecule has 2 N–H and O–H groups in total. The maximum absolute atomic E-state index is 12.1. The predicted octanol–water partition coefficient (Wildman–Crippen LogP) is 2.20. The van der Waals surface area contributed by atoms with Crippen LogP contribution in [-0.2, 0) is 4.74 Å². The van der Waals surface area contributed by atoms with Gasteiger partial charge in [0.25, 0.3) is 11.6 Å². The molecule has 0 radical (unpaired) electrons. The standard InChI is InChI=1S/C14H19N3O6/c1-5-16(13(20)23-14(2,3)4)15-12(19)10-8-9(17(21)22)6-7-11(10)18/h6-8,18H,5H2,1-4H3,(H,15,19). The molecular formula is C14H19N3O6. The van der Waals surface area contributed by atoms with Gasteiger partial charge in [-0.1, -0.05) is 0 Å². The SMILES string of the molecule is CCN(NC(=O)c1cc([N+](=O)[O-])ccc1O)C(=O)OC(C)(C)C. The fraction of sp³-hybridized carbons (Fsp3) is 0.429. The third-order valence-corrected chi connectivity index (χ3v) is 2.60. The molecule has 0 aliphatic heterocycles. The van der Waals surface area contributed by atoms with E-state index in [1.54, 1.807) is 27.7 Å². The Balaban J connectivity index is 2.95. The molecule has 126 valence electrons.